The molecule has 1 rings (SSSR count). The molecule has 0 spiro atoms. The number of nitrogens with one attached hydrogen (secondary N) is 1. The normalized spacial score (nSPS) is 11.1. The van der Waals surface area contributed by atoms with Crippen molar-refractivity contribution in [3.8, 4) is 0 Å². The van der Waals surface area contributed by atoms with E-state index < -0.39 is 10.1 Å². The molecule has 4 nitrogen and oxygen atoms in total. The van der Waals surface area contributed by atoms with Gasteiger partial charge in [-0.2, -0.15) is 11.3 Å². The molecule has 0 saturated carbocycles. The van der Waals surface area contributed by atoms with E-state index in [-0.39, 0.29) is 24.6 Å². The van der Waals surface area contributed by atoms with Gasteiger partial charge in [0.15, 0.2) is 0 Å². The third-order valence-corrected chi connectivity index (χ3v) is 3.44. The minimum absolute atomic E-state index is 0. The van der Waals surface area contributed by atoms with E-state index >= 15 is 0 Å². The first-order chi connectivity index (χ1) is 7.08. The van der Waals surface area contributed by atoms with Gasteiger partial charge >= 0.3 is 18.9 Å². The maximum absolute atomic E-state index is 10.3. The van der Waals surface area contributed by atoms with E-state index in [0.29, 0.717) is 13.0 Å². The molecule has 0 bridgehead atoms. The maximum atomic E-state index is 10.3. The Kier molecular flexibility index (Phi) is 8.37. The molecule has 0 radical (unpaired) electrons. The molecular formula is C9H14LiNO3S2. The fraction of sp³-hybridized carbons (Fsp3) is 0.556. The summed E-state index contributed by atoms with van der Waals surface area (Å²) in [5, 5.41) is 7.21. The smallest absolute Gasteiger partial charge is 0.748 e. The largest absolute Gasteiger partial charge is 1.00 e. The quantitative estimate of drug-likeness (QED) is 0.342. The van der Waals surface area contributed by atoms with Crippen LogP contribution in [-0.4, -0.2) is 31.8 Å². The Bertz CT molecular complexity index is 364. The summed E-state index contributed by atoms with van der Waals surface area (Å²) in [5.41, 5.74) is 1.28. The molecule has 0 aliphatic carbocycles. The fourth-order valence-corrected chi connectivity index (χ4v) is 2.37. The van der Waals surface area contributed by atoms with Crippen molar-refractivity contribution in [3.63, 3.8) is 0 Å². The Morgan fingerprint density at radius 1 is 1.38 bits per heavy atom. The zero-order chi connectivity index (χ0) is 11.1. The Morgan fingerprint density at radius 3 is 2.69 bits per heavy atom. The number of thiophene rings is 1. The van der Waals surface area contributed by atoms with Crippen molar-refractivity contribution in [2.45, 2.75) is 12.8 Å². The van der Waals surface area contributed by atoms with Crippen LogP contribution in [0.1, 0.15) is 12.0 Å². The van der Waals surface area contributed by atoms with Crippen LogP contribution in [0.25, 0.3) is 0 Å². The Balaban J connectivity index is 0.00000225. The molecule has 0 aliphatic heterocycles. The number of hydrogen-bond donors (Lipinski definition) is 1. The average Bonchev–Trinajstić information content (AvgIpc) is 2.61. The molecule has 1 aromatic rings. The molecule has 0 aromatic carbocycles. The summed E-state index contributed by atoms with van der Waals surface area (Å²) in [6.07, 6.45) is 1.32. The van der Waals surface area contributed by atoms with Gasteiger partial charge in [0, 0.05) is 5.75 Å². The number of rotatable bonds is 7. The van der Waals surface area contributed by atoms with E-state index in [9.17, 15) is 13.0 Å². The van der Waals surface area contributed by atoms with Crippen molar-refractivity contribution in [2.75, 3.05) is 18.8 Å². The van der Waals surface area contributed by atoms with E-state index in [1.807, 2.05) is 5.38 Å². The van der Waals surface area contributed by atoms with Crippen LogP contribution in [0.3, 0.4) is 0 Å². The second kappa shape index (κ2) is 8.29. The van der Waals surface area contributed by atoms with Crippen LogP contribution in [-0.2, 0) is 16.5 Å². The van der Waals surface area contributed by atoms with Crippen LogP contribution in [0.4, 0.5) is 0 Å². The Labute approximate surface area is 112 Å². The molecule has 0 aliphatic rings. The fourth-order valence-electron chi connectivity index (χ4n) is 1.17. The zero-order valence-corrected chi connectivity index (χ0v) is 10.9. The van der Waals surface area contributed by atoms with E-state index in [2.05, 4.69) is 16.8 Å². The van der Waals surface area contributed by atoms with Crippen molar-refractivity contribution >= 4 is 21.5 Å². The first-order valence-corrected chi connectivity index (χ1v) is 7.25. The van der Waals surface area contributed by atoms with Crippen molar-refractivity contribution in [3.05, 3.63) is 22.4 Å². The van der Waals surface area contributed by atoms with E-state index in [4.69, 9.17) is 0 Å². The van der Waals surface area contributed by atoms with Gasteiger partial charge in [0.1, 0.15) is 0 Å². The van der Waals surface area contributed by atoms with Gasteiger partial charge in [-0.15, -0.1) is 0 Å². The van der Waals surface area contributed by atoms with Gasteiger partial charge in [-0.3, -0.25) is 0 Å². The van der Waals surface area contributed by atoms with Gasteiger partial charge in [0.05, 0.1) is 10.1 Å². The van der Waals surface area contributed by atoms with Gasteiger partial charge in [0.2, 0.25) is 0 Å². The molecule has 86 valence electrons. The van der Waals surface area contributed by atoms with E-state index in [0.717, 1.165) is 13.0 Å². The molecule has 1 N–H and O–H groups in total. The Hall–Kier alpha value is 0.167. The average molecular weight is 255 g/mol. The molecule has 0 atom stereocenters. The topological polar surface area (TPSA) is 69.2 Å². The minimum Gasteiger partial charge on any atom is -0.748 e. The van der Waals surface area contributed by atoms with Gasteiger partial charge in [-0.05, 0) is 48.3 Å². The second-order valence-electron chi connectivity index (χ2n) is 3.25. The predicted octanol–water partition coefficient (Wildman–Crippen LogP) is -2.18. The predicted molar refractivity (Wildman–Crippen MR) is 60.1 cm³/mol. The van der Waals surface area contributed by atoms with Crippen molar-refractivity contribution in [1.82, 2.24) is 5.32 Å². The summed E-state index contributed by atoms with van der Waals surface area (Å²) in [6, 6.07) is 2.06. The number of hydrogen-bond acceptors (Lipinski definition) is 5. The summed E-state index contributed by atoms with van der Waals surface area (Å²) in [4.78, 5) is 0. The van der Waals surface area contributed by atoms with E-state index in [1.54, 1.807) is 11.3 Å². The summed E-state index contributed by atoms with van der Waals surface area (Å²) in [6.45, 7) is 1.39. The molecular weight excluding hydrogens is 241 g/mol. The molecule has 1 aromatic heterocycles. The van der Waals surface area contributed by atoms with Crippen molar-refractivity contribution < 1.29 is 31.8 Å². The molecule has 0 amide bonds. The van der Waals surface area contributed by atoms with Crippen LogP contribution in [0.2, 0.25) is 0 Å². The van der Waals surface area contributed by atoms with Gasteiger partial charge in [0.25, 0.3) is 0 Å². The zero-order valence-electron chi connectivity index (χ0n) is 9.31. The first-order valence-electron chi connectivity index (χ1n) is 4.73. The van der Waals surface area contributed by atoms with Crippen molar-refractivity contribution in [2.24, 2.45) is 0 Å². The summed E-state index contributed by atoms with van der Waals surface area (Å²) >= 11 is 1.66. The van der Waals surface area contributed by atoms with Crippen LogP contribution in [0.15, 0.2) is 16.8 Å². The van der Waals surface area contributed by atoms with Crippen LogP contribution in [0, 0.1) is 0 Å². The van der Waals surface area contributed by atoms with Gasteiger partial charge in [-0.25, -0.2) is 8.42 Å². The molecule has 0 fully saturated rings. The standard InChI is InChI=1S/C9H15NO3S2.Li/c11-15(12,13)7-1-4-10-5-2-9-3-6-14-8-9;/h3,6,8,10H,1-2,4-5,7H2,(H,11,12,13);/q;+1/p-1. The summed E-state index contributed by atoms with van der Waals surface area (Å²) in [7, 11) is -4.04. The van der Waals surface area contributed by atoms with Gasteiger partial charge in [-0.1, -0.05) is 0 Å². The van der Waals surface area contributed by atoms with E-state index in [1.165, 1.54) is 5.56 Å². The molecule has 7 heteroatoms. The molecule has 16 heavy (non-hydrogen) atoms. The molecule has 0 unspecified atom stereocenters. The summed E-state index contributed by atoms with van der Waals surface area (Å²) < 4.78 is 30.8. The second-order valence-corrected chi connectivity index (χ2v) is 5.55. The summed E-state index contributed by atoms with van der Waals surface area (Å²) in [5.74, 6) is -0.279. The third kappa shape index (κ3) is 8.33. The van der Waals surface area contributed by atoms with Crippen LogP contribution >= 0.6 is 11.3 Å². The van der Waals surface area contributed by atoms with Crippen molar-refractivity contribution in [1.29, 1.82) is 0 Å². The minimum atomic E-state index is -4.04. The molecule has 0 saturated heterocycles. The Morgan fingerprint density at radius 2 is 2.12 bits per heavy atom. The molecule has 1 heterocycles. The SMILES string of the molecule is O=S(=O)([O-])CCCNCCc1ccsc1.[Li+]. The maximum Gasteiger partial charge on any atom is 1.00 e. The van der Waals surface area contributed by atoms with Gasteiger partial charge < -0.3 is 9.87 Å². The third-order valence-electron chi connectivity index (χ3n) is 1.92. The monoisotopic (exact) mass is 255 g/mol. The van der Waals surface area contributed by atoms with Crippen LogP contribution in [0.5, 0.6) is 0 Å². The van der Waals surface area contributed by atoms with Crippen LogP contribution < -0.4 is 24.2 Å². The first kappa shape index (κ1) is 16.2.